The molecule has 0 saturated heterocycles. The van der Waals surface area contributed by atoms with E-state index in [-0.39, 0.29) is 0 Å². The second-order valence-corrected chi connectivity index (χ2v) is 5.14. The summed E-state index contributed by atoms with van der Waals surface area (Å²) in [6.45, 7) is 4.20. The molecule has 1 rings (SSSR count). The molecule has 0 aromatic heterocycles. The molecular formula is C15H23NO3. The summed E-state index contributed by atoms with van der Waals surface area (Å²) in [4.78, 5) is 11.7. The number of carbonyl (C=O) groups is 1. The fourth-order valence-electron chi connectivity index (χ4n) is 1.97. The monoisotopic (exact) mass is 265 g/mol. The maximum atomic E-state index is 11.7. The van der Waals surface area contributed by atoms with Gasteiger partial charge in [-0.2, -0.15) is 0 Å². The molecule has 0 fully saturated rings. The summed E-state index contributed by atoms with van der Waals surface area (Å²) in [5.41, 5.74) is 7.11. The fraction of sp³-hybridized carbons (Fsp3) is 0.533. The second-order valence-electron chi connectivity index (χ2n) is 5.14. The molecule has 106 valence electrons. The zero-order valence-corrected chi connectivity index (χ0v) is 11.8. The van der Waals surface area contributed by atoms with Crippen LogP contribution in [0.5, 0.6) is 0 Å². The van der Waals surface area contributed by atoms with Crippen LogP contribution in [0.4, 0.5) is 0 Å². The molecule has 2 atom stereocenters. The van der Waals surface area contributed by atoms with E-state index < -0.39 is 18.1 Å². The molecule has 0 saturated carbocycles. The minimum Gasteiger partial charge on any atom is -0.465 e. The lowest BCUT2D eigenvalue weighted by atomic mass is 9.93. The lowest BCUT2D eigenvalue weighted by molar-refractivity contribution is 0.0596. The van der Waals surface area contributed by atoms with Crippen LogP contribution in [0.1, 0.15) is 48.7 Å². The van der Waals surface area contributed by atoms with E-state index in [0.717, 1.165) is 6.42 Å². The number of aliphatic hydroxyl groups excluding tert-OH is 1. The summed E-state index contributed by atoms with van der Waals surface area (Å²) in [5, 5.41) is 10.1. The van der Waals surface area contributed by atoms with Gasteiger partial charge in [0.25, 0.3) is 0 Å². The number of rotatable bonds is 6. The lowest BCUT2D eigenvalue weighted by Crippen LogP contribution is -2.28. The van der Waals surface area contributed by atoms with Crippen LogP contribution in [0.25, 0.3) is 0 Å². The molecule has 0 aliphatic rings. The van der Waals surface area contributed by atoms with Crippen molar-refractivity contribution in [3.63, 3.8) is 0 Å². The maximum Gasteiger partial charge on any atom is 0.338 e. The quantitative estimate of drug-likeness (QED) is 0.774. The van der Waals surface area contributed by atoms with Crippen molar-refractivity contribution in [3.8, 4) is 0 Å². The van der Waals surface area contributed by atoms with Gasteiger partial charge in [-0.1, -0.05) is 32.0 Å². The summed E-state index contributed by atoms with van der Waals surface area (Å²) >= 11 is 0. The lowest BCUT2D eigenvalue weighted by Gasteiger charge is -2.21. The van der Waals surface area contributed by atoms with E-state index in [0.29, 0.717) is 23.5 Å². The van der Waals surface area contributed by atoms with E-state index in [2.05, 4.69) is 13.8 Å². The average molecular weight is 265 g/mol. The van der Waals surface area contributed by atoms with Crippen LogP contribution in [0.3, 0.4) is 0 Å². The Bertz CT molecular complexity index is 418. The molecule has 0 unspecified atom stereocenters. The zero-order valence-electron chi connectivity index (χ0n) is 11.8. The van der Waals surface area contributed by atoms with E-state index in [1.54, 1.807) is 24.3 Å². The molecule has 1 aromatic rings. The first-order chi connectivity index (χ1) is 8.97. The number of aliphatic hydroxyl groups is 1. The molecule has 0 radical (unpaired) electrons. The van der Waals surface area contributed by atoms with Gasteiger partial charge in [-0.05, 0) is 30.4 Å². The van der Waals surface area contributed by atoms with E-state index in [1.807, 2.05) is 0 Å². The summed E-state index contributed by atoms with van der Waals surface area (Å²) in [6, 6.07) is 6.40. The summed E-state index contributed by atoms with van der Waals surface area (Å²) < 4.78 is 4.73. The number of ether oxygens (including phenoxy) is 1. The Morgan fingerprint density at radius 3 is 2.53 bits per heavy atom. The first kappa shape index (κ1) is 15.7. The highest BCUT2D eigenvalue weighted by Gasteiger charge is 2.22. The topological polar surface area (TPSA) is 72.5 Å². The van der Waals surface area contributed by atoms with Gasteiger partial charge in [0.05, 0.1) is 24.8 Å². The van der Waals surface area contributed by atoms with E-state index >= 15 is 0 Å². The van der Waals surface area contributed by atoms with Crippen LogP contribution in [-0.4, -0.2) is 24.3 Å². The van der Waals surface area contributed by atoms with Crippen LogP contribution in [0.2, 0.25) is 0 Å². The van der Waals surface area contributed by atoms with Crippen molar-refractivity contribution in [2.75, 3.05) is 7.11 Å². The SMILES string of the molecule is COC(=O)c1ccccc1[C@H](N)[C@H](O)CCC(C)C. The molecule has 4 nitrogen and oxygen atoms in total. The molecule has 0 spiro atoms. The van der Waals surface area contributed by atoms with Crippen molar-refractivity contribution < 1.29 is 14.6 Å². The molecule has 19 heavy (non-hydrogen) atoms. The van der Waals surface area contributed by atoms with Crippen LogP contribution in [0.15, 0.2) is 24.3 Å². The van der Waals surface area contributed by atoms with E-state index in [9.17, 15) is 9.90 Å². The molecule has 0 bridgehead atoms. The highest BCUT2D eigenvalue weighted by Crippen LogP contribution is 2.23. The minimum absolute atomic E-state index is 0.418. The number of esters is 1. The Kier molecular flexibility index (Phi) is 5.99. The fourth-order valence-corrected chi connectivity index (χ4v) is 1.97. The number of carbonyl (C=O) groups excluding carboxylic acids is 1. The normalized spacial score (nSPS) is 14.2. The number of benzene rings is 1. The summed E-state index contributed by atoms with van der Waals surface area (Å²) in [7, 11) is 1.33. The van der Waals surface area contributed by atoms with E-state index in [1.165, 1.54) is 7.11 Å². The predicted octanol–water partition coefficient (Wildman–Crippen LogP) is 2.27. The van der Waals surface area contributed by atoms with Gasteiger partial charge in [0.15, 0.2) is 0 Å². The Labute approximate surface area is 114 Å². The molecule has 0 heterocycles. The Balaban J connectivity index is 2.86. The largest absolute Gasteiger partial charge is 0.465 e. The number of hydrogen-bond acceptors (Lipinski definition) is 4. The highest BCUT2D eigenvalue weighted by atomic mass is 16.5. The molecular weight excluding hydrogens is 242 g/mol. The Morgan fingerprint density at radius 2 is 1.95 bits per heavy atom. The van der Waals surface area contributed by atoms with Gasteiger partial charge >= 0.3 is 5.97 Å². The smallest absolute Gasteiger partial charge is 0.338 e. The molecule has 4 heteroatoms. The second kappa shape index (κ2) is 7.26. The molecule has 0 aliphatic heterocycles. The molecule has 1 aromatic carbocycles. The third-order valence-corrected chi connectivity index (χ3v) is 3.18. The maximum absolute atomic E-state index is 11.7. The first-order valence-electron chi connectivity index (χ1n) is 6.58. The van der Waals surface area contributed by atoms with Crippen molar-refractivity contribution >= 4 is 5.97 Å². The van der Waals surface area contributed by atoms with Crippen molar-refractivity contribution in [1.29, 1.82) is 0 Å². The number of hydrogen-bond donors (Lipinski definition) is 2. The highest BCUT2D eigenvalue weighted by molar-refractivity contribution is 5.91. The van der Waals surface area contributed by atoms with Gasteiger partial charge in [-0.25, -0.2) is 4.79 Å². The van der Waals surface area contributed by atoms with Crippen LogP contribution in [0, 0.1) is 5.92 Å². The van der Waals surface area contributed by atoms with Gasteiger partial charge in [0.1, 0.15) is 0 Å². The predicted molar refractivity (Wildman–Crippen MR) is 74.8 cm³/mol. The van der Waals surface area contributed by atoms with E-state index in [4.69, 9.17) is 10.5 Å². The Hall–Kier alpha value is -1.39. The minimum atomic E-state index is -0.659. The molecule has 3 N–H and O–H groups in total. The van der Waals surface area contributed by atoms with Crippen LogP contribution >= 0.6 is 0 Å². The van der Waals surface area contributed by atoms with Gasteiger partial charge in [0.2, 0.25) is 0 Å². The van der Waals surface area contributed by atoms with Crippen molar-refractivity contribution in [1.82, 2.24) is 0 Å². The van der Waals surface area contributed by atoms with Gasteiger partial charge in [0, 0.05) is 0 Å². The van der Waals surface area contributed by atoms with Crippen LogP contribution in [-0.2, 0) is 4.74 Å². The van der Waals surface area contributed by atoms with Crippen molar-refractivity contribution in [2.45, 2.75) is 38.8 Å². The number of nitrogens with two attached hydrogens (primary N) is 1. The standard InChI is InChI=1S/C15H23NO3/c1-10(2)8-9-13(17)14(16)11-6-4-5-7-12(11)15(18)19-3/h4-7,10,13-14,17H,8-9,16H2,1-3H3/t13-,14+/m1/s1. The third kappa shape index (κ3) is 4.33. The summed E-state index contributed by atoms with van der Waals surface area (Å²) in [6.07, 6.45) is 0.858. The molecule has 0 aliphatic carbocycles. The number of methoxy groups -OCH3 is 1. The third-order valence-electron chi connectivity index (χ3n) is 3.18. The van der Waals surface area contributed by atoms with Gasteiger partial charge in [-0.3, -0.25) is 0 Å². The van der Waals surface area contributed by atoms with Gasteiger partial charge < -0.3 is 15.6 Å². The van der Waals surface area contributed by atoms with Crippen molar-refractivity contribution in [2.24, 2.45) is 11.7 Å². The average Bonchev–Trinajstić information content (AvgIpc) is 2.42. The van der Waals surface area contributed by atoms with Gasteiger partial charge in [-0.15, -0.1) is 0 Å². The zero-order chi connectivity index (χ0) is 14.4. The summed E-state index contributed by atoms with van der Waals surface area (Å²) in [5.74, 6) is 0.0832. The molecule has 0 amide bonds. The first-order valence-corrected chi connectivity index (χ1v) is 6.58. The Morgan fingerprint density at radius 1 is 1.32 bits per heavy atom. The van der Waals surface area contributed by atoms with Crippen LogP contribution < -0.4 is 5.73 Å². The van der Waals surface area contributed by atoms with Crippen molar-refractivity contribution in [3.05, 3.63) is 35.4 Å².